The Balaban J connectivity index is 1.17. The van der Waals surface area contributed by atoms with E-state index >= 15 is 0 Å². The molecule has 0 unspecified atom stereocenters. The standard InChI is InChI=1S/C40H26N2/c1-2-9-30(10-3-1)37-24-22-31-20-21-32-23-25-38(42-40(32)39(31)41-37)34-13-6-12-33(26-34)27-16-18-29(19-17-27)36-15-7-11-28-8-4-5-14-35(28)36/h1-26H. The van der Waals surface area contributed by atoms with Gasteiger partial charge < -0.3 is 0 Å². The highest BCUT2D eigenvalue weighted by Crippen LogP contribution is 2.33. The molecule has 0 radical (unpaired) electrons. The molecule has 2 nitrogen and oxygen atoms in total. The average Bonchev–Trinajstić information content (AvgIpc) is 3.08. The van der Waals surface area contributed by atoms with Crippen molar-refractivity contribution < 1.29 is 0 Å². The molecule has 0 atom stereocenters. The van der Waals surface area contributed by atoms with Crippen molar-refractivity contribution in [3.05, 3.63) is 158 Å². The molecule has 0 N–H and O–H groups in total. The maximum atomic E-state index is 5.16. The van der Waals surface area contributed by atoms with Crippen molar-refractivity contribution in [2.45, 2.75) is 0 Å². The number of benzene rings is 6. The Hall–Kier alpha value is -5.60. The van der Waals surface area contributed by atoms with E-state index < -0.39 is 0 Å². The van der Waals surface area contributed by atoms with Crippen LogP contribution in [0.4, 0.5) is 0 Å². The summed E-state index contributed by atoms with van der Waals surface area (Å²) in [6, 6.07) is 55.6. The Bertz CT molecular complexity index is 2230. The molecule has 42 heavy (non-hydrogen) atoms. The van der Waals surface area contributed by atoms with E-state index in [0.29, 0.717) is 0 Å². The van der Waals surface area contributed by atoms with Crippen LogP contribution in [0.1, 0.15) is 0 Å². The van der Waals surface area contributed by atoms with Gasteiger partial charge in [0.1, 0.15) is 0 Å². The van der Waals surface area contributed by atoms with E-state index in [1.165, 1.54) is 33.0 Å². The molecule has 0 aliphatic carbocycles. The normalized spacial score (nSPS) is 11.3. The number of pyridine rings is 2. The van der Waals surface area contributed by atoms with Crippen LogP contribution in [0.5, 0.6) is 0 Å². The van der Waals surface area contributed by atoms with Crippen LogP contribution in [0.15, 0.2) is 158 Å². The van der Waals surface area contributed by atoms with E-state index in [1.54, 1.807) is 0 Å². The molecule has 0 aliphatic heterocycles. The molecule has 0 aliphatic rings. The van der Waals surface area contributed by atoms with Crippen LogP contribution in [0.2, 0.25) is 0 Å². The minimum atomic E-state index is 0.924. The first-order valence-electron chi connectivity index (χ1n) is 14.3. The molecule has 0 amide bonds. The number of nitrogens with zero attached hydrogens (tertiary/aromatic N) is 2. The van der Waals surface area contributed by atoms with Crippen LogP contribution < -0.4 is 0 Å². The fraction of sp³-hybridized carbons (Fsp3) is 0. The van der Waals surface area contributed by atoms with E-state index in [9.17, 15) is 0 Å². The Labute approximate surface area is 244 Å². The van der Waals surface area contributed by atoms with Crippen LogP contribution >= 0.6 is 0 Å². The van der Waals surface area contributed by atoms with Crippen molar-refractivity contribution in [3.8, 4) is 44.8 Å². The summed E-state index contributed by atoms with van der Waals surface area (Å²) in [5, 5.41) is 4.71. The SMILES string of the molecule is c1ccc(-c2ccc3ccc4ccc(-c5cccc(-c6ccc(-c7cccc8ccccc78)cc6)c5)nc4c3n2)cc1. The summed E-state index contributed by atoms with van der Waals surface area (Å²) < 4.78 is 0. The molecule has 0 fully saturated rings. The van der Waals surface area contributed by atoms with Gasteiger partial charge in [-0.05, 0) is 51.2 Å². The van der Waals surface area contributed by atoms with Gasteiger partial charge >= 0.3 is 0 Å². The van der Waals surface area contributed by atoms with E-state index in [-0.39, 0.29) is 0 Å². The second kappa shape index (κ2) is 10.1. The third kappa shape index (κ3) is 4.31. The quantitative estimate of drug-likeness (QED) is 0.210. The van der Waals surface area contributed by atoms with Crippen molar-refractivity contribution >= 4 is 32.6 Å². The van der Waals surface area contributed by atoms with Crippen molar-refractivity contribution in [3.63, 3.8) is 0 Å². The lowest BCUT2D eigenvalue weighted by Gasteiger charge is -2.10. The summed E-state index contributed by atoms with van der Waals surface area (Å²) in [5.74, 6) is 0. The van der Waals surface area contributed by atoms with Crippen LogP contribution in [-0.4, -0.2) is 9.97 Å². The number of fused-ring (bicyclic) bond motifs is 4. The summed E-state index contributed by atoms with van der Waals surface area (Å²) in [7, 11) is 0. The first-order chi connectivity index (χ1) is 20.8. The lowest BCUT2D eigenvalue weighted by atomic mass is 9.95. The third-order valence-corrected chi connectivity index (χ3v) is 8.07. The molecule has 0 saturated heterocycles. The smallest absolute Gasteiger partial charge is 0.0972 e. The van der Waals surface area contributed by atoms with Gasteiger partial charge in [-0.15, -0.1) is 0 Å². The minimum absolute atomic E-state index is 0.924. The fourth-order valence-electron chi connectivity index (χ4n) is 5.88. The molecular weight excluding hydrogens is 508 g/mol. The van der Waals surface area contributed by atoms with E-state index in [0.717, 1.165) is 44.3 Å². The zero-order chi connectivity index (χ0) is 27.9. The highest BCUT2D eigenvalue weighted by atomic mass is 14.8. The van der Waals surface area contributed by atoms with Crippen LogP contribution in [0.25, 0.3) is 77.3 Å². The Morgan fingerprint density at radius 1 is 0.310 bits per heavy atom. The largest absolute Gasteiger partial charge is 0.245 e. The van der Waals surface area contributed by atoms with Gasteiger partial charge in [0.25, 0.3) is 0 Å². The molecule has 8 rings (SSSR count). The van der Waals surface area contributed by atoms with Gasteiger partial charge in [-0.2, -0.15) is 0 Å². The summed E-state index contributed by atoms with van der Waals surface area (Å²) in [5.41, 5.74) is 10.8. The highest BCUT2D eigenvalue weighted by Gasteiger charge is 2.10. The van der Waals surface area contributed by atoms with Crippen molar-refractivity contribution in [2.24, 2.45) is 0 Å². The second-order valence-electron chi connectivity index (χ2n) is 10.7. The van der Waals surface area contributed by atoms with Gasteiger partial charge in [0.05, 0.1) is 22.4 Å². The van der Waals surface area contributed by atoms with Gasteiger partial charge in [0.15, 0.2) is 0 Å². The van der Waals surface area contributed by atoms with E-state index in [4.69, 9.17) is 9.97 Å². The van der Waals surface area contributed by atoms with E-state index in [1.807, 2.05) is 18.2 Å². The predicted molar refractivity (Wildman–Crippen MR) is 176 cm³/mol. The zero-order valence-electron chi connectivity index (χ0n) is 22.9. The second-order valence-corrected chi connectivity index (χ2v) is 10.7. The van der Waals surface area contributed by atoms with Crippen LogP contribution in [0.3, 0.4) is 0 Å². The number of rotatable bonds is 4. The van der Waals surface area contributed by atoms with Crippen molar-refractivity contribution in [1.82, 2.24) is 9.97 Å². The predicted octanol–water partition coefficient (Wildman–Crippen LogP) is 10.6. The first-order valence-corrected chi connectivity index (χ1v) is 14.3. The van der Waals surface area contributed by atoms with Crippen LogP contribution in [0, 0.1) is 0 Å². The molecule has 2 heterocycles. The summed E-state index contributed by atoms with van der Waals surface area (Å²) in [6.45, 7) is 0. The molecule has 2 heteroatoms. The van der Waals surface area contributed by atoms with Gasteiger partial charge in [0, 0.05) is 21.9 Å². The third-order valence-electron chi connectivity index (χ3n) is 8.07. The summed E-state index contributed by atoms with van der Waals surface area (Å²) in [4.78, 5) is 10.2. The summed E-state index contributed by atoms with van der Waals surface area (Å²) >= 11 is 0. The lowest BCUT2D eigenvalue weighted by molar-refractivity contribution is 1.36. The maximum Gasteiger partial charge on any atom is 0.0972 e. The molecule has 6 aromatic carbocycles. The van der Waals surface area contributed by atoms with Gasteiger partial charge in [-0.25, -0.2) is 9.97 Å². The maximum absolute atomic E-state index is 5.16. The van der Waals surface area contributed by atoms with Gasteiger partial charge in [-0.3, -0.25) is 0 Å². The van der Waals surface area contributed by atoms with Crippen molar-refractivity contribution in [1.29, 1.82) is 0 Å². The van der Waals surface area contributed by atoms with Crippen LogP contribution in [-0.2, 0) is 0 Å². The Morgan fingerprint density at radius 2 is 0.857 bits per heavy atom. The molecule has 0 saturated carbocycles. The lowest BCUT2D eigenvalue weighted by Crippen LogP contribution is -1.91. The van der Waals surface area contributed by atoms with Gasteiger partial charge in [-0.1, -0.05) is 140 Å². The molecular formula is C40H26N2. The number of hydrogen-bond acceptors (Lipinski definition) is 2. The fourth-order valence-corrected chi connectivity index (χ4v) is 5.88. The van der Waals surface area contributed by atoms with E-state index in [2.05, 4.69) is 140 Å². The number of aromatic nitrogens is 2. The highest BCUT2D eigenvalue weighted by molar-refractivity contribution is 6.04. The Kier molecular flexibility index (Phi) is 5.82. The van der Waals surface area contributed by atoms with Crippen molar-refractivity contribution in [2.75, 3.05) is 0 Å². The average molecular weight is 535 g/mol. The number of hydrogen-bond donors (Lipinski definition) is 0. The Morgan fingerprint density at radius 3 is 1.62 bits per heavy atom. The molecule has 196 valence electrons. The zero-order valence-corrected chi connectivity index (χ0v) is 22.9. The van der Waals surface area contributed by atoms with Gasteiger partial charge in [0.2, 0.25) is 0 Å². The summed E-state index contributed by atoms with van der Waals surface area (Å²) in [6.07, 6.45) is 0. The molecule has 0 bridgehead atoms. The molecule has 2 aromatic heterocycles. The molecule has 0 spiro atoms. The monoisotopic (exact) mass is 534 g/mol. The first kappa shape index (κ1) is 24.2. The topological polar surface area (TPSA) is 25.8 Å². The molecule has 8 aromatic rings. The minimum Gasteiger partial charge on any atom is -0.245 e.